The highest BCUT2D eigenvalue weighted by atomic mass is 16.4. The van der Waals surface area contributed by atoms with E-state index in [1.54, 1.807) is 0 Å². The van der Waals surface area contributed by atoms with Crippen molar-refractivity contribution in [2.45, 2.75) is 71.4 Å². The molecule has 1 aliphatic rings. The highest BCUT2D eigenvalue weighted by Gasteiger charge is 2.46. The molecule has 1 aliphatic carbocycles. The topological polar surface area (TPSA) is 52.6 Å². The maximum atomic E-state index is 11.7. The standard InChI is InChI=1S/C16H32N2O2/c1-5-10-17-16(15(19)20)9-8-14(11-16)18(7-3)12-13(4)6-2/h13-14,17H,5-12H2,1-4H3,(H,19,20). The van der Waals surface area contributed by atoms with Crippen LogP contribution in [0.15, 0.2) is 0 Å². The predicted octanol–water partition coefficient (Wildman–Crippen LogP) is 2.73. The molecule has 0 bridgehead atoms. The molecule has 1 fully saturated rings. The minimum absolute atomic E-state index is 0.412. The fourth-order valence-electron chi connectivity index (χ4n) is 3.19. The number of nitrogens with one attached hydrogen (secondary N) is 1. The van der Waals surface area contributed by atoms with Crippen molar-refractivity contribution in [3.63, 3.8) is 0 Å². The number of carboxylic acids is 1. The Morgan fingerprint density at radius 2 is 2.15 bits per heavy atom. The molecule has 118 valence electrons. The van der Waals surface area contributed by atoms with E-state index in [1.165, 1.54) is 6.42 Å². The fourth-order valence-corrected chi connectivity index (χ4v) is 3.19. The molecule has 2 N–H and O–H groups in total. The molecule has 4 heteroatoms. The molecule has 0 saturated heterocycles. The van der Waals surface area contributed by atoms with Crippen LogP contribution in [0.25, 0.3) is 0 Å². The molecule has 0 aromatic heterocycles. The Bertz CT molecular complexity index is 309. The third-order valence-electron chi connectivity index (χ3n) is 4.78. The number of aliphatic carboxylic acids is 1. The lowest BCUT2D eigenvalue weighted by Crippen LogP contribution is -2.51. The van der Waals surface area contributed by atoms with E-state index in [4.69, 9.17) is 0 Å². The van der Waals surface area contributed by atoms with Gasteiger partial charge in [-0.25, -0.2) is 0 Å². The molecule has 3 unspecified atom stereocenters. The second-order valence-corrected chi connectivity index (χ2v) is 6.31. The number of hydrogen-bond donors (Lipinski definition) is 2. The molecule has 0 amide bonds. The van der Waals surface area contributed by atoms with Crippen LogP contribution >= 0.6 is 0 Å². The lowest BCUT2D eigenvalue weighted by atomic mass is 9.96. The van der Waals surface area contributed by atoms with Crippen LogP contribution in [0.5, 0.6) is 0 Å². The average Bonchev–Trinajstić information content (AvgIpc) is 2.87. The first-order valence-electron chi connectivity index (χ1n) is 8.21. The molecule has 0 radical (unpaired) electrons. The summed E-state index contributed by atoms with van der Waals surface area (Å²) in [5.41, 5.74) is -0.691. The second kappa shape index (κ2) is 7.99. The molecule has 20 heavy (non-hydrogen) atoms. The molecule has 0 heterocycles. The molecular weight excluding hydrogens is 252 g/mol. The van der Waals surface area contributed by atoms with E-state index < -0.39 is 11.5 Å². The molecule has 0 aromatic carbocycles. The zero-order valence-corrected chi connectivity index (χ0v) is 13.6. The predicted molar refractivity (Wildman–Crippen MR) is 83.0 cm³/mol. The highest BCUT2D eigenvalue weighted by molar-refractivity contribution is 5.79. The molecular formula is C16H32N2O2. The first-order valence-corrected chi connectivity index (χ1v) is 8.21. The normalized spacial score (nSPS) is 27.9. The molecule has 1 saturated carbocycles. The van der Waals surface area contributed by atoms with Gasteiger partial charge < -0.3 is 15.3 Å². The van der Waals surface area contributed by atoms with Crippen LogP contribution in [0.2, 0.25) is 0 Å². The summed E-state index contributed by atoms with van der Waals surface area (Å²) in [7, 11) is 0. The highest BCUT2D eigenvalue weighted by Crippen LogP contribution is 2.34. The summed E-state index contributed by atoms with van der Waals surface area (Å²) < 4.78 is 0. The van der Waals surface area contributed by atoms with Gasteiger partial charge in [-0.2, -0.15) is 0 Å². The smallest absolute Gasteiger partial charge is 0.323 e. The zero-order chi connectivity index (χ0) is 15.2. The Kier molecular flexibility index (Phi) is 6.96. The van der Waals surface area contributed by atoms with Gasteiger partial charge in [-0.15, -0.1) is 0 Å². The number of hydrogen-bond acceptors (Lipinski definition) is 3. The molecule has 0 spiro atoms. The van der Waals surface area contributed by atoms with Crippen LogP contribution < -0.4 is 5.32 Å². The van der Waals surface area contributed by atoms with Gasteiger partial charge in [0.05, 0.1) is 0 Å². The molecule has 0 aliphatic heterocycles. The van der Waals surface area contributed by atoms with E-state index in [0.29, 0.717) is 12.0 Å². The maximum Gasteiger partial charge on any atom is 0.323 e. The van der Waals surface area contributed by atoms with Crippen LogP contribution in [0, 0.1) is 5.92 Å². The summed E-state index contributed by atoms with van der Waals surface area (Å²) in [5, 5.41) is 12.9. The first kappa shape index (κ1) is 17.4. The van der Waals surface area contributed by atoms with Gasteiger partial charge in [0.2, 0.25) is 0 Å². The summed E-state index contributed by atoms with van der Waals surface area (Å²) in [6, 6.07) is 0.412. The molecule has 4 nitrogen and oxygen atoms in total. The van der Waals surface area contributed by atoms with E-state index in [1.807, 2.05) is 0 Å². The number of carboxylic acid groups (broad SMARTS) is 1. The van der Waals surface area contributed by atoms with Gasteiger partial charge in [-0.3, -0.25) is 4.79 Å². The van der Waals surface area contributed by atoms with Gasteiger partial charge in [-0.1, -0.05) is 34.1 Å². The zero-order valence-electron chi connectivity index (χ0n) is 13.6. The SMILES string of the molecule is CCCNC1(C(=O)O)CCC(N(CC)CC(C)CC)C1. The summed E-state index contributed by atoms with van der Waals surface area (Å²) >= 11 is 0. The summed E-state index contributed by atoms with van der Waals surface area (Å²) in [4.78, 5) is 14.2. The van der Waals surface area contributed by atoms with Crippen LogP contribution in [0.4, 0.5) is 0 Å². The average molecular weight is 284 g/mol. The Hall–Kier alpha value is -0.610. The fraction of sp³-hybridized carbons (Fsp3) is 0.938. The van der Waals surface area contributed by atoms with Crippen molar-refractivity contribution in [3.05, 3.63) is 0 Å². The quantitative estimate of drug-likeness (QED) is 0.683. The van der Waals surface area contributed by atoms with Crippen LogP contribution in [-0.4, -0.2) is 47.2 Å². The van der Waals surface area contributed by atoms with Gasteiger partial charge in [-0.05, 0) is 44.7 Å². The second-order valence-electron chi connectivity index (χ2n) is 6.31. The van der Waals surface area contributed by atoms with Crippen molar-refractivity contribution in [2.24, 2.45) is 5.92 Å². The van der Waals surface area contributed by atoms with Gasteiger partial charge in [0, 0.05) is 12.6 Å². The van der Waals surface area contributed by atoms with Crippen molar-refractivity contribution in [2.75, 3.05) is 19.6 Å². The Morgan fingerprint density at radius 1 is 1.45 bits per heavy atom. The summed E-state index contributed by atoms with van der Waals surface area (Å²) in [6.07, 6.45) is 4.65. The number of rotatable bonds is 9. The molecule has 0 aromatic rings. The Balaban J connectivity index is 2.68. The van der Waals surface area contributed by atoms with E-state index >= 15 is 0 Å². The Morgan fingerprint density at radius 3 is 2.65 bits per heavy atom. The van der Waals surface area contributed by atoms with Crippen LogP contribution in [-0.2, 0) is 4.79 Å². The van der Waals surface area contributed by atoms with Gasteiger partial charge in [0.15, 0.2) is 0 Å². The maximum absolute atomic E-state index is 11.7. The van der Waals surface area contributed by atoms with Crippen molar-refractivity contribution in [3.8, 4) is 0 Å². The largest absolute Gasteiger partial charge is 0.480 e. The Labute approximate surface area is 123 Å². The van der Waals surface area contributed by atoms with E-state index in [0.717, 1.165) is 45.3 Å². The molecule has 1 rings (SSSR count). The summed E-state index contributed by atoms with van der Waals surface area (Å²) in [6.45, 7) is 11.6. The minimum atomic E-state index is -0.691. The lowest BCUT2D eigenvalue weighted by molar-refractivity contribution is -0.144. The third kappa shape index (κ3) is 4.19. The van der Waals surface area contributed by atoms with E-state index in [2.05, 4.69) is 37.9 Å². The minimum Gasteiger partial charge on any atom is -0.480 e. The van der Waals surface area contributed by atoms with Crippen molar-refractivity contribution in [1.82, 2.24) is 10.2 Å². The van der Waals surface area contributed by atoms with Crippen molar-refractivity contribution in [1.29, 1.82) is 0 Å². The lowest BCUT2D eigenvalue weighted by Gasteiger charge is -2.32. The molecule has 3 atom stereocenters. The van der Waals surface area contributed by atoms with E-state index in [9.17, 15) is 9.90 Å². The first-order chi connectivity index (χ1) is 9.49. The van der Waals surface area contributed by atoms with E-state index in [-0.39, 0.29) is 0 Å². The monoisotopic (exact) mass is 284 g/mol. The van der Waals surface area contributed by atoms with Crippen molar-refractivity contribution < 1.29 is 9.90 Å². The third-order valence-corrected chi connectivity index (χ3v) is 4.78. The number of nitrogens with zero attached hydrogens (tertiary/aromatic N) is 1. The van der Waals surface area contributed by atoms with Crippen molar-refractivity contribution >= 4 is 5.97 Å². The van der Waals surface area contributed by atoms with Gasteiger partial charge in [0.25, 0.3) is 0 Å². The van der Waals surface area contributed by atoms with Crippen LogP contribution in [0.3, 0.4) is 0 Å². The van der Waals surface area contributed by atoms with Gasteiger partial charge >= 0.3 is 5.97 Å². The summed E-state index contributed by atoms with van der Waals surface area (Å²) in [5.74, 6) is 0.00595. The van der Waals surface area contributed by atoms with Crippen LogP contribution in [0.1, 0.15) is 59.8 Å². The number of carbonyl (C=O) groups is 1. The van der Waals surface area contributed by atoms with Gasteiger partial charge in [0.1, 0.15) is 5.54 Å².